The normalized spacial score (nSPS) is 15.1. The number of benzene rings is 1. The standard InChI is InChI=1S/C18H26O3/c1-3-15(2)19-12-8-6-4-5-7-9-16-10-11-17-14-20-21-18(17)13-16/h7,9-11,13,15H,3-6,8,12,14H2,1-2H3. The lowest BCUT2D eigenvalue weighted by molar-refractivity contribution is -0.194. The third kappa shape index (κ3) is 5.52. The van der Waals surface area contributed by atoms with Gasteiger partial charge in [-0.25, -0.2) is 0 Å². The summed E-state index contributed by atoms with van der Waals surface area (Å²) in [7, 11) is 0. The highest BCUT2D eigenvalue weighted by atomic mass is 17.2. The van der Waals surface area contributed by atoms with Crippen molar-refractivity contribution in [3.63, 3.8) is 0 Å². The maximum Gasteiger partial charge on any atom is 0.171 e. The predicted octanol–water partition coefficient (Wildman–Crippen LogP) is 4.90. The number of hydrogen-bond donors (Lipinski definition) is 0. The van der Waals surface area contributed by atoms with E-state index in [9.17, 15) is 0 Å². The molecule has 0 aliphatic carbocycles. The van der Waals surface area contributed by atoms with Crippen molar-refractivity contribution in [2.75, 3.05) is 6.61 Å². The van der Waals surface area contributed by atoms with E-state index < -0.39 is 0 Å². The van der Waals surface area contributed by atoms with Crippen LogP contribution in [-0.4, -0.2) is 12.7 Å². The molecular formula is C18H26O3. The second kappa shape index (κ2) is 8.85. The molecule has 1 unspecified atom stereocenters. The molecule has 1 aromatic rings. The lowest BCUT2D eigenvalue weighted by Gasteiger charge is -2.09. The molecule has 0 aromatic heterocycles. The Morgan fingerprint density at radius 3 is 3.05 bits per heavy atom. The molecule has 1 aromatic carbocycles. The minimum atomic E-state index is 0.399. The van der Waals surface area contributed by atoms with Gasteiger partial charge in [0.1, 0.15) is 6.61 Å². The predicted molar refractivity (Wildman–Crippen MR) is 85.1 cm³/mol. The highest BCUT2D eigenvalue weighted by molar-refractivity contribution is 5.54. The zero-order valence-electron chi connectivity index (χ0n) is 13.1. The Kier molecular flexibility index (Phi) is 6.77. The third-order valence-corrected chi connectivity index (χ3v) is 3.76. The number of fused-ring (bicyclic) bond motifs is 1. The zero-order valence-corrected chi connectivity index (χ0v) is 13.1. The summed E-state index contributed by atoms with van der Waals surface area (Å²) in [5.41, 5.74) is 2.29. The average molecular weight is 290 g/mol. The van der Waals surface area contributed by atoms with Crippen molar-refractivity contribution in [1.82, 2.24) is 0 Å². The number of unbranched alkanes of at least 4 members (excludes halogenated alkanes) is 3. The van der Waals surface area contributed by atoms with Crippen LogP contribution in [0.2, 0.25) is 0 Å². The summed E-state index contributed by atoms with van der Waals surface area (Å²) in [4.78, 5) is 10.0. The third-order valence-electron chi connectivity index (χ3n) is 3.76. The molecule has 0 saturated carbocycles. The van der Waals surface area contributed by atoms with E-state index in [-0.39, 0.29) is 0 Å². The van der Waals surface area contributed by atoms with E-state index in [0.29, 0.717) is 12.7 Å². The van der Waals surface area contributed by atoms with Crippen molar-refractivity contribution in [2.45, 2.75) is 58.7 Å². The molecule has 0 radical (unpaired) electrons. The molecular weight excluding hydrogens is 264 g/mol. The molecule has 0 saturated heterocycles. The number of hydrogen-bond acceptors (Lipinski definition) is 3. The molecule has 3 heteroatoms. The van der Waals surface area contributed by atoms with Crippen LogP contribution in [0.4, 0.5) is 0 Å². The van der Waals surface area contributed by atoms with E-state index >= 15 is 0 Å². The van der Waals surface area contributed by atoms with Gasteiger partial charge in [0.15, 0.2) is 5.75 Å². The SMILES string of the molecule is CCC(C)OCCCCCC=Cc1ccc2c(c1)OOC2. The Balaban J connectivity index is 1.58. The fraction of sp³-hybridized carbons (Fsp3) is 0.556. The molecule has 2 rings (SSSR count). The van der Waals surface area contributed by atoms with Crippen molar-refractivity contribution in [2.24, 2.45) is 0 Å². The van der Waals surface area contributed by atoms with Gasteiger partial charge < -0.3 is 9.62 Å². The van der Waals surface area contributed by atoms with Gasteiger partial charge in [0.05, 0.1) is 6.10 Å². The summed E-state index contributed by atoms with van der Waals surface area (Å²) in [6.07, 6.45) is 10.6. The van der Waals surface area contributed by atoms with Crippen LogP contribution in [0, 0.1) is 0 Å². The Morgan fingerprint density at radius 1 is 1.29 bits per heavy atom. The van der Waals surface area contributed by atoms with Gasteiger partial charge in [-0.3, -0.25) is 0 Å². The number of allylic oxidation sites excluding steroid dienone is 1. The maximum absolute atomic E-state index is 5.67. The van der Waals surface area contributed by atoms with Crippen LogP contribution in [0.1, 0.15) is 57.1 Å². The van der Waals surface area contributed by atoms with Crippen molar-refractivity contribution in [3.8, 4) is 5.75 Å². The molecule has 1 aliphatic heterocycles. The summed E-state index contributed by atoms with van der Waals surface area (Å²) < 4.78 is 5.67. The minimum absolute atomic E-state index is 0.399. The molecule has 1 aliphatic rings. The van der Waals surface area contributed by atoms with E-state index in [1.807, 2.05) is 6.07 Å². The lowest BCUT2D eigenvalue weighted by Crippen LogP contribution is -2.07. The Morgan fingerprint density at radius 2 is 2.19 bits per heavy atom. The van der Waals surface area contributed by atoms with Crippen LogP contribution in [0.3, 0.4) is 0 Å². The van der Waals surface area contributed by atoms with Crippen LogP contribution in [0.15, 0.2) is 24.3 Å². The fourth-order valence-electron chi connectivity index (χ4n) is 2.19. The highest BCUT2D eigenvalue weighted by Crippen LogP contribution is 2.27. The Labute approximate surface area is 127 Å². The summed E-state index contributed by atoms with van der Waals surface area (Å²) in [5.74, 6) is 0.847. The average Bonchev–Trinajstić information content (AvgIpc) is 2.97. The maximum atomic E-state index is 5.67. The summed E-state index contributed by atoms with van der Waals surface area (Å²) in [6.45, 7) is 5.73. The van der Waals surface area contributed by atoms with E-state index in [4.69, 9.17) is 14.5 Å². The van der Waals surface area contributed by atoms with E-state index in [0.717, 1.165) is 37.2 Å². The first-order chi connectivity index (χ1) is 10.3. The largest absolute Gasteiger partial charge is 0.379 e. The smallest absolute Gasteiger partial charge is 0.171 e. The second-order valence-corrected chi connectivity index (χ2v) is 5.55. The first kappa shape index (κ1) is 16.1. The monoisotopic (exact) mass is 290 g/mol. The van der Waals surface area contributed by atoms with Crippen molar-refractivity contribution < 1.29 is 14.5 Å². The van der Waals surface area contributed by atoms with Gasteiger partial charge in [-0.15, -0.1) is 0 Å². The van der Waals surface area contributed by atoms with Gasteiger partial charge in [-0.2, -0.15) is 4.89 Å². The first-order valence-corrected chi connectivity index (χ1v) is 8.00. The molecule has 1 atom stereocenters. The number of rotatable bonds is 9. The molecule has 21 heavy (non-hydrogen) atoms. The molecule has 0 N–H and O–H groups in total. The van der Waals surface area contributed by atoms with Crippen molar-refractivity contribution in [3.05, 3.63) is 35.4 Å². The Bertz CT molecular complexity index is 454. The van der Waals surface area contributed by atoms with Crippen LogP contribution < -0.4 is 4.89 Å². The van der Waals surface area contributed by atoms with Crippen LogP contribution in [0.5, 0.6) is 5.75 Å². The van der Waals surface area contributed by atoms with E-state index in [1.165, 1.54) is 18.4 Å². The summed E-state index contributed by atoms with van der Waals surface area (Å²) in [6, 6.07) is 6.19. The van der Waals surface area contributed by atoms with Crippen molar-refractivity contribution in [1.29, 1.82) is 0 Å². The van der Waals surface area contributed by atoms with E-state index in [2.05, 4.69) is 38.1 Å². The van der Waals surface area contributed by atoms with Crippen LogP contribution in [-0.2, 0) is 16.2 Å². The highest BCUT2D eigenvalue weighted by Gasteiger charge is 2.12. The molecule has 1 heterocycles. The molecule has 116 valence electrons. The van der Waals surface area contributed by atoms with Gasteiger partial charge in [0.2, 0.25) is 0 Å². The number of ether oxygens (including phenoxy) is 1. The van der Waals surface area contributed by atoms with Gasteiger partial charge in [0.25, 0.3) is 0 Å². The minimum Gasteiger partial charge on any atom is -0.379 e. The fourth-order valence-corrected chi connectivity index (χ4v) is 2.19. The lowest BCUT2D eigenvalue weighted by atomic mass is 10.1. The summed E-state index contributed by atoms with van der Waals surface area (Å²) >= 11 is 0. The molecule has 0 spiro atoms. The quantitative estimate of drug-likeness (QED) is 0.478. The molecule has 0 bridgehead atoms. The van der Waals surface area contributed by atoms with Gasteiger partial charge in [0, 0.05) is 12.2 Å². The molecule has 0 amide bonds. The Hall–Kier alpha value is -1.32. The topological polar surface area (TPSA) is 27.7 Å². The van der Waals surface area contributed by atoms with Crippen LogP contribution in [0.25, 0.3) is 6.08 Å². The molecule has 3 nitrogen and oxygen atoms in total. The molecule has 0 fully saturated rings. The van der Waals surface area contributed by atoms with Gasteiger partial charge >= 0.3 is 0 Å². The second-order valence-electron chi connectivity index (χ2n) is 5.55. The zero-order chi connectivity index (χ0) is 14.9. The van der Waals surface area contributed by atoms with Gasteiger partial charge in [-0.05, 0) is 44.2 Å². The van der Waals surface area contributed by atoms with Crippen LogP contribution >= 0.6 is 0 Å². The van der Waals surface area contributed by atoms with Gasteiger partial charge in [-0.1, -0.05) is 37.6 Å². The first-order valence-electron chi connectivity index (χ1n) is 8.00. The summed E-state index contributed by atoms with van der Waals surface area (Å²) in [5, 5.41) is 0. The van der Waals surface area contributed by atoms with E-state index in [1.54, 1.807) is 0 Å². The van der Waals surface area contributed by atoms with Crippen molar-refractivity contribution >= 4 is 6.08 Å².